The van der Waals surface area contributed by atoms with Crippen molar-refractivity contribution >= 4 is 59.4 Å². The first-order valence-corrected chi connectivity index (χ1v) is 22.4. The van der Waals surface area contributed by atoms with Crippen molar-refractivity contribution in [2.45, 2.75) is 74.7 Å². The lowest BCUT2D eigenvalue weighted by atomic mass is 9.82. The Kier molecular flexibility index (Phi) is 15.8. The van der Waals surface area contributed by atoms with Gasteiger partial charge in [-0.05, 0) is 63.5 Å². The highest BCUT2D eigenvalue weighted by Gasteiger charge is 2.42. The zero-order chi connectivity index (χ0) is 32.2. The summed E-state index contributed by atoms with van der Waals surface area (Å²) in [7, 11) is -10.5. The van der Waals surface area contributed by atoms with E-state index in [1.54, 1.807) is 25.9 Å². The Balaban J connectivity index is 1.38. The van der Waals surface area contributed by atoms with Crippen molar-refractivity contribution in [1.82, 2.24) is 10.3 Å². The van der Waals surface area contributed by atoms with E-state index in [1.807, 2.05) is 18.2 Å². The molecule has 1 aromatic rings. The van der Waals surface area contributed by atoms with Crippen LogP contribution in [0, 0.1) is 23.7 Å². The highest BCUT2D eigenvalue weighted by atomic mass is 33.1. The fourth-order valence-corrected chi connectivity index (χ4v) is 11.1. The van der Waals surface area contributed by atoms with Gasteiger partial charge >= 0.3 is 22.9 Å². The van der Waals surface area contributed by atoms with Crippen LogP contribution in [-0.4, -0.2) is 67.9 Å². The van der Waals surface area contributed by atoms with Crippen molar-refractivity contribution in [3.8, 4) is 11.8 Å². The summed E-state index contributed by atoms with van der Waals surface area (Å²) in [5, 5.41) is 14.3. The SMILES string of the molecule is O=C(CCSSc1ccccn1)NCC#CC1CCCCC(C2CC(O)C(COP(=O)(P)OP(=O)(O)OP(=O)(O)O)O2)CC1. The van der Waals surface area contributed by atoms with Gasteiger partial charge in [0.25, 0.3) is 0 Å². The lowest BCUT2D eigenvalue weighted by Gasteiger charge is -2.27. The van der Waals surface area contributed by atoms with E-state index in [9.17, 15) is 28.5 Å². The number of rotatable bonds is 14. The molecule has 44 heavy (non-hydrogen) atoms. The summed E-state index contributed by atoms with van der Waals surface area (Å²) in [6.07, 6.45) is 5.79. The fourth-order valence-electron chi connectivity index (χ4n) is 4.79. The first kappa shape index (κ1) is 38.1. The molecule has 1 saturated carbocycles. The normalized spacial score (nSPS) is 27.2. The van der Waals surface area contributed by atoms with Gasteiger partial charge in [0.2, 0.25) is 5.91 Å². The molecular formula is C24H38N2O12P4S2. The molecule has 20 heteroatoms. The minimum Gasteiger partial charge on any atom is -0.390 e. The summed E-state index contributed by atoms with van der Waals surface area (Å²) >= 11 is 0. The molecule has 1 saturated heterocycles. The van der Waals surface area contributed by atoms with Gasteiger partial charge in [0.15, 0.2) is 0 Å². The second-order valence-electron chi connectivity index (χ2n) is 10.2. The molecule has 1 aliphatic carbocycles. The molecule has 8 atom stereocenters. The molecule has 8 unspecified atom stereocenters. The third-order valence-electron chi connectivity index (χ3n) is 6.76. The Bertz CT molecular complexity index is 1280. The molecular weight excluding hydrogens is 696 g/mol. The van der Waals surface area contributed by atoms with Crippen molar-refractivity contribution in [3.05, 3.63) is 24.4 Å². The van der Waals surface area contributed by atoms with E-state index in [0.717, 1.165) is 43.6 Å². The Morgan fingerprint density at radius 1 is 1.14 bits per heavy atom. The largest absolute Gasteiger partial charge is 0.488 e. The molecule has 2 fully saturated rings. The van der Waals surface area contributed by atoms with Crippen LogP contribution in [0.2, 0.25) is 0 Å². The summed E-state index contributed by atoms with van der Waals surface area (Å²) in [6.45, 7) is -0.167. The van der Waals surface area contributed by atoms with Crippen LogP contribution in [0.4, 0.5) is 0 Å². The van der Waals surface area contributed by atoms with Crippen LogP contribution in [0.3, 0.4) is 0 Å². The second kappa shape index (κ2) is 18.3. The molecule has 2 aliphatic rings. The van der Waals surface area contributed by atoms with Crippen molar-refractivity contribution in [2.24, 2.45) is 11.8 Å². The number of hydrogen-bond donors (Lipinski definition) is 5. The summed E-state index contributed by atoms with van der Waals surface area (Å²) in [6, 6.07) is 5.70. The van der Waals surface area contributed by atoms with Gasteiger partial charge in [-0.15, -0.1) is 0 Å². The van der Waals surface area contributed by atoms with E-state index in [2.05, 4.69) is 30.8 Å². The first-order valence-electron chi connectivity index (χ1n) is 13.8. The molecule has 0 spiro atoms. The van der Waals surface area contributed by atoms with Crippen LogP contribution in [0.15, 0.2) is 29.4 Å². The van der Waals surface area contributed by atoms with Crippen LogP contribution >= 0.6 is 53.4 Å². The maximum atomic E-state index is 12.4. The Morgan fingerprint density at radius 3 is 2.64 bits per heavy atom. The van der Waals surface area contributed by atoms with Gasteiger partial charge in [-0.2, -0.15) is 4.31 Å². The van der Waals surface area contributed by atoms with Crippen LogP contribution < -0.4 is 5.32 Å². The van der Waals surface area contributed by atoms with Crippen molar-refractivity contribution in [3.63, 3.8) is 0 Å². The lowest BCUT2D eigenvalue weighted by molar-refractivity contribution is -0.120. The van der Waals surface area contributed by atoms with Crippen LogP contribution in [0.1, 0.15) is 51.4 Å². The quantitative estimate of drug-likeness (QED) is 0.0762. The number of nitrogens with zero attached hydrogens (tertiary/aromatic N) is 1. The van der Waals surface area contributed by atoms with E-state index >= 15 is 0 Å². The van der Waals surface area contributed by atoms with Crippen LogP contribution in [0.5, 0.6) is 0 Å². The maximum Gasteiger partial charge on any atom is 0.488 e. The van der Waals surface area contributed by atoms with Gasteiger partial charge < -0.3 is 34.4 Å². The lowest BCUT2D eigenvalue weighted by Crippen LogP contribution is -2.27. The van der Waals surface area contributed by atoms with Crippen LogP contribution in [0.25, 0.3) is 0 Å². The highest BCUT2D eigenvalue weighted by Crippen LogP contribution is 2.71. The monoisotopic (exact) mass is 734 g/mol. The number of aromatic nitrogens is 1. The Hall–Kier alpha value is -0.320. The number of phosphoric acid groups is 2. The van der Waals surface area contributed by atoms with Gasteiger partial charge in [0.05, 0.1) is 25.4 Å². The van der Waals surface area contributed by atoms with E-state index in [4.69, 9.17) is 19.0 Å². The zero-order valence-corrected chi connectivity index (χ0v) is 29.2. The molecule has 2 heterocycles. The van der Waals surface area contributed by atoms with Crippen molar-refractivity contribution in [1.29, 1.82) is 0 Å². The summed E-state index contributed by atoms with van der Waals surface area (Å²) in [4.78, 5) is 43.1. The molecule has 248 valence electrons. The number of nitrogens with one attached hydrogen (secondary N) is 1. The number of carbonyl (C=O) groups excluding carboxylic acids is 1. The van der Waals surface area contributed by atoms with Gasteiger partial charge in [0, 0.05) is 30.7 Å². The number of pyridine rings is 1. The topological polar surface area (TPSA) is 211 Å². The summed E-state index contributed by atoms with van der Waals surface area (Å²) in [5.74, 6) is 7.31. The number of aliphatic hydroxyl groups is 1. The van der Waals surface area contributed by atoms with E-state index in [0.29, 0.717) is 18.6 Å². The molecule has 0 aromatic carbocycles. The molecule has 14 nitrogen and oxygen atoms in total. The standard InChI is InChI=1S/C24H38N2O12P4S2/c27-20-16-21(36-22(20)17-35-42(34,39)38-41(32,33)37-40(29,30)31)19-8-2-1-6-18(10-11-19)7-5-14-25-23(28)12-15-43-44-24-9-3-4-13-26-24/h3-4,9,13,18-22,27H,1-2,6,8,10-12,14-17,39H2,(H,25,28)(H,32,33)(H2,29,30,31). The van der Waals surface area contributed by atoms with Gasteiger partial charge in [-0.25, -0.2) is 18.4 Å². The van der Waals surface area contributed by atoms with E-state index in [1.165, 1.54) is 10.8 Å². The van der Waals surface area contributed by atoms with E-state index in [-0.39, 0.29) is 30.4 Å². The fraction of sp³-hybridized carbons (Fsp3) is 0.667. The molecule has 1 aliphatic heterocycles. The van der Waals surface area contributed by atoms with Gasteiger partial charge in [0.1, 0.15) is 11.1 Å². The average molecular weight is 735 g/mol. The number of aliphatic hydroxyl groups excluding tert-OH is 1. The van der Waals surface area contributed by atoms with E-state index < -0.39 is 41.7 Å². The Morgan fingerprint density at radius 2 is 1.91 bits per heavy atom. The zero-order valence-electron chi connectivity index (χ0n) is 23.7. The van der Waals surface area contributed by atoms with Crippen molar-refractivity contribution in [2.75, 3.05) is 18.9 Å². The molecule has 3 rings (SSSR count). The molecule has 5 N–H and O–H groups in total. The number of amides is 1. The first-order chi connectivity index (χ1) is 20.7. The Labute approximate surface area is 266 Å². The second-order valence-corrected chi connectivity index (χ2v) is 19.1. The highest BCUT2D eigenvalue weighted by molar-refractivity contribution is 8.76. The molecule has 0 radical (unpaired) electrons. The number of carbonyl (C=O) groups is 1. The minimum absolute atomic E-state index is 0.0500. The summed E-state index contributed by atoms with van der Waals surface area (Å²) < 4.78 is 53.9. The molecule has 0 bridgehead atoms. The third-order valence-corrected chi connectivity index (χ3v) is 14.2. The smallest absolute Gasteiger partial charge is 0.390 e. The molecule has 1 aromatic heterocycles. The van der Waals surface area contributed by atoms with Gasteiger partial charge in [-0.1, -0.05) is 41.5 Å². The van der Waals surface area contributed by atoms with Gasteiger partial charge in [-0.3, -0.25) is 9.36 Å². The van der Waals surface area contributed by atoms with Crippen LogP contribution in [-0.2, 0) is 36.4 Å². The number of ether oxygens (including phenoxy) is 1. The van der Waals surface area contributed by atoms with Crippen molar-refractivity contribution < 1.29 is 56.2 Å². The maximum absolute atomic E-state index is 12.4. The minimum atomic E-state index is -5.40. The number of hydrogen-bond acceptors (Lipinski definition) is 12. The third kappa shape index (κ3) is 15.1. The predicted octanol–water partition coefficient (Wildman–Crippen LogP) is 4.66. The average Bonchev–Trinajstić information content (AvgIpc) is 3.27. The predicted molar refractivity (Wildman–Crippen MR) is 169 cm³/mol. The summed E-state index contributed by atoms with van der Waals surface area (Å²) in [5.41, 5.74) is 0. The molecule has 1 amide bonds.